The van der Waals surface area contributed by atoms with Crippen molar-refractivity contribution in [3.8, 4) is 5.69 Å². The van der Waals surface area contributed by atoms with Gasteiger partial charge in [-0.25, -0.2) is 0 Å². The molecule has 0 saturated carbocycles. The van der Waals surface area contributed by atoms with Crippen molar-refractivity contribution in [1.29, 1.82) is 0 Å². The molecule has 6 heteroatoms. The Hall–Kier alpha value is -1.82. The maximum atomic E-state index is 12.3. The number of nitrogens with zero attached hydrogens (tertiary/aromatic N) is 3. The first-order valence-electron chi connectivity index (χ1n) is 7.65. The largest absolute Gasteiger partial charge is 0.351 e. The molecule has 23 heavy (non-hydrogen) atoms. The zero-order valence-electron chi connectivity index (χ0n) is 14.5. The van der Waals surface area contributed by atoms with Crippen LogP contribution < -0.4 is 5.32 Å². The molecule has 0 bridgehead atoms. The fourth-order valence-corrected chi connectivity index (χ4v) is 3.08. The minimum Gasteiger partial charge on any atom is -0.351 e. The molecule has 0 radical (unpaired) electrons. The molecule has 0 fully saturated rings. The van der Waals surface area contributed by atoms with Crippen molar-refractivity contribution in [3.05, 3.63) is 35.7 Å². The van der Waals surface area contributed by atoms with Gasteiger partial charge in [0.2, 0.25) is 5.91 Å². The summed E-state index contributed by atoms with van der Waals surface area (Å²) in [6.45, 7) is 11.8. The van der Waals surface area contributed by atoms with E-state index >= 15 is 0 Å². The van der Waals surface area contributed by atoms with Crippen molar-refractivity contribution in [1.82, 2.24) is 20.1 Å². The topological polar surface area (TPSA) is 59.8 Å². The molecule has 1 amide bonds. The van der Waals surface area contributed by atoms with Crippen LogP contribution in [0.25, 0.3) is 5.69 Å². The number of benzene rings is 1. The van der Waals surface area contributed by atoms with Gasteiger partial charge < -0.3 is 5.32 Å². The lowest BCUT2D eigenvalue weighted by Crippen LogP contribution is -2.44. The van der Waals surface area contributed by atoms with Gasteiger partial charge in [0.1, 0.15) is 5.82 Å². The zero-order valence-corrected chi connectivity index (χ0v) is 15.4. The Morgan fingerprint density at radius 1 is 1.26 bits per heavy atom. The van der Waals surface area contributed by atoms with E-state index in [0.717, 1.165) is 16.7 Å². The molecule has 1 unspecified atom stereocenters. The minimum atomic E-state index is -0.249. The van der Waals surface area contributed by atoms with Crippen molar-refractivity contribution in [3.63, 3.8) is 0 Å². The second-order valence-corrected chi connectivity index (χ2v) is 8.01. The lowest BCUT2D eigenvalue weighted by atomic mass is 10.1. The van der Waals surface area contributed by atoms with Crippen LogP contribution >= 0.6 is 11.8 Å². The van der Waals surface area contributed by atoms with Gasteiger partial charge in [0.15, 0.2) is 5.16 Å². The van der Waals surface area contributed by atoms with Crippen molar-refractivity contribution in [2.75, 3.05) is 0 Å². The van der Waals surface area contributed by atoms with E-state index in [0.29, 0.717) is 0 Å². The van der Waals surface area contributed by atoms with Gasteiger partial charge in [0, 0.05) is 11.2 Å². The van der Waals surface area contributed by atoms with Crippen LogP contribution in [0.4, 0.5) is 0 Å². The molecule has 0 aliphatic carbocycles. The molecule has 1 atom stereocenters. The monoisotopic (exact) mass is 332 g/mol. The minimum absolute atomic E-state index is 0.000977. The fourth-order valence-electron chi connectivity index (χ4n) is 2.17. The van der Waals surface area contributed by atoms with Crippen molar-refractivity contribution < 1.29 is 4.79 Å². The third-order valence-electron chi connectivity index (χ3n) is 3.20. The first kappa shape index (κ1) is 17.5. The number of thioether (sulfide) groups is 1. The number of rotatable bonds is 4. The lowest BCUT2D eigenvalue weighted by Gasteiger charge is -2.23. The predicted octanol–water partition coefficient (Wildman–Crippen LogP) is 3.28. The Bertz CT molecular complexity index is 703. The summed E-state index contributed by atoms with van der Waals surface area (Å²) >= 11 is 1.42. The van der Waals surface area contributed by atoms with Crippen LogP contribution in [-0.4, -0.2) is 31.5 Å². The Kier molecular flexibility index (Phi) is 5.14. The highest BCUT2D eigenvalue weighted by Gasteiger charge is 2.23. The molecule has 0 aliphatic heterocycles. The van der Waals surface area contributed by atoms with E-state index in [1.54, 1.807) is 0 Å². The second kappa shape index (κ2) is 6.74. The normalized spacial score (nSPS) is 13.0. The summed E-state index contributed by atoms with van der Waals surface area (Å²) in [4.78, 5) is 12.3. The highest BCUT2D eigenvalue weighted by atomic mass is 32.2. The van der Waals surface area contributed by atoms with Crippen LogP contribution in [-0.2, 0) is 4.79 Å². The fraction of sp³-hybridized carbons (Fsp3) is 0.471. The quantitative estimate of drug-likeness (QED) is 0.873. The van der Waals surface area contributed by atoms with Gasteiger partial charge in [0.05, 0.1) is 5.25 Å². The average molecular weight is 332 g/mol. The molecular formula is C17H24N4OS. The standard InChI is InChI=1S/C17H24N4OS/c1-11-8-7-9-14(10-11)21-13(3)19-20-16(21)23-12(2)15(22)18-17(4,5)6/h7-10,12H,1-6H3,(H,18,22). The number of hydrogen-bond donors (Lipinski definition) is 1. The SMILES string of the molecule is Cc1cccc(-n2c(C)nnc2SC(C)C(=O)NC(C)(C)C)c1. The second-order valence-electron chi connectivity index (χ2n) is 6.70. The highest BCUT2D eigenvalue weighted by molar-refractivity contribution is 8.00. The zero-order chi connectivity index (χ0) is 17.2. The van der Waals surface area contributed by atoms with Gasteiger partial charge in [0.25, 0.3) is 0 Å². The lowest BCUT2D eigenvalue weighted by molar-refractivity contribution is -0.121. The Balaban J connectivity index is 2.23. The maximum Gasteiger partial charge on any atom is 0.233 e. The van der Waals surface area contributed by atoms with Crippen LogP contribution in [0.5, 0.6) is 0 Å². The summed E-state index contributed by atoms with van der Waals surface area (Å²) in [6, 6.07) is 8.16. The summed E-state index contributed by atoms with van der Waals surface area (Å²) in [6.07, 6.45) is 0. The number of aryl methyl sites for hydroxylation is 2. The summed E-state index contributed by atoms with van der Waals surface area (Å²) in [7, 11) is 0. The van der Waals surface area contributed by atoms with E-state index in [1.807, 2.05) is 51.3 Å². The van der Waals surface area contributed by atoms with Crippen molar-refractivity contribution in [2.24, 2.45) is 0 Å². The Morgan fingerprint density at radius 2 is 1.96 bits per heavy atom. The Labute approximate surface area is 141 Å². The number of amides is 1. The molecular weight excluding hydrogens is 308 g/mol. The van der Waals surface area contributed by atoms with Gasteiger partial charge in [-0.15, -0.1) is 10.2 Å². The average Bonchev–Trinajstić information content (AvgIpc) is 2.77. The third kappa shape index (κ3) is 4.58. The molecule has 1 N–H and O–H groups in total. The van der Waals surface area contributed by atoms with Crippen LogP contribution in [0, 0.1) is 13.8 Å². The molecule has 2 aromatic rings. The van der Waals surface area contributed by atoms with E-state index in [4.69, 9.17) is 0 Å². The van der Waals surface area contributed by atoms with Gasteiger partial charge in [-0.1, -0.05) is 23.9 Å². The summed E-state index contributed by atoms with van der Waals surface area (Å²) in [5.74, 6) is 0.806. The van der Waals surface area contributed by atoms with Crippen molar-refractivity contribution >= 4 is 17.7 Å². The van der Waals surface area contributed by atoms with Crippen molar-refractivity contribution in [2.45, 2.75) is 57.5 Å². The molecule has 1 aromatic heterocycles. The number of nitrogens with one attached hydrogen (secondary N) is 1. The smallest absolute Gasteiger partial charge is 0.233 e. The molecule has 1 heterocycles. The number of carbonyl (C=O) groups is 1. The van der Waals surface area contributed by atoms with E-state index in [1.165, 1.54) is 17.3 Å². The van der Waals surface area contributed by atoms with Crippen LogP contribution in [0.1, 0.15) is 39.1 Å². The van der Waals surface area contributed by atoms with Gasteiger partial charge in [-0.2, -0.15) is 0 Å². The van der Waals surface area contributed by atoms with E-state index in [2.05, 4.69) is 34.6 Å². The van der Waals surface area contributed by atoms with E-state index in [9.17, 15) is 4.79 Å². The molecule has 0 saturated heterocycles. The maximum absolute atomic E-state index is 12.3. The van der Waals surface area contributed by atoms with Crippen LogP contribution in [0.2, 0.25) is 0 Å². The predicted molar refractivity (Wildman–Crippen MR) is 94.0 cm³/mol. The van der Waals surface area contributed by atoms with Crippen LogP contribution in [0.3, 0.4) is 0 Å². The molecule has 124 valence electrons. The molecule has 1 aromatic carbocycles. The molecule has 2 rings (SSSR count). The Morgan fingerprint density at radius 3 is 2.57 bits per heavy atom. The van der Waals surface area contributed by atoms with Crippen LogP contribution in [0.15, 0.2) is 29.4 Å². The first-order chi connectivity index (χ1) is 10.7. The van der Waals surface area contributed by atoms with Gasteiger partial charge in [-0.05, 0) is 59.2 Å². The summed E-state index contributed by atoms with van der Waals surface area (Å²) in [5.41, 5.74) is 1.94. The summed E-state index contributed by atoms with van der Waals surface area (Å²) < 4.78 is 1.98. The molecule has 0 spiro atoms. The third-order valence-corrected chi connectivity index (χ3v) is 4.25. The first-order valence-corrected chi connectivity index (χ1v) is 8.53. The van der Waals surface area contributed by atoms with Gasteiger partial charge in [-0.3, -0.25) is 9.36 Å². The number of hydrogen-bond acceptors (Lipinski definition) is 4. The van der Waals surface area contributed by atoms with E-state index < -0.39 is 0 Å². The molecule has 5 nitrogen and oxygen atoms in total. The number of aromatic nitrogens is 3. The summed E-state index contributed by atoms with van der Waals surface area (Å²) in [5, 5.41) is 11.9. The highest BCUT2D eigenvalue weighted by Crippen LogP contribution is 2.26. The van der Waals surface area contributed by atoms with E-state index in [-0.39, 0.29) is 16.7 Å². The molecule has 0 aliphatic rings. The number of carbonyl (C=O) groups excluding carboxylic acids is 1. The van der Waals surface area contributed by atoms with Gasteiger partial charge >= 0.3 is 0 Å².